The van der Waals surface area contributed by atoms with Gasteiger partial charge in [-0.05, 0) is 50.1 Å². The van der Waals surface area contributed by atoms with Gasteiger partial charge in [0.05, 0.1) is 18.9 Å². The summed E-state index contributed by atoms with van der Waals surface area (Å²) in [6.07, 6.45) is 0.409. The summed E-state index contributed by atoms with van der Waals surface area (Å²) in [6, 6.07) is 14.8. The molecular weight excluding hydrogens is 344 g/mol. The van der Waals surface area contributed by atoms with Gasteiger partial charge in [0.1, 0.15) is 17.9 Å². The van der Waals surface area contributed by atoms with Crippen LogP contribution >= 0.6 is 0 Å². The zero-order chi connectivity index (χ0) is 19.6. The standard InChI is InChI=1S/C21H26N2O4/c1-15(2)27-19-10-5-4-9-18(19)23-21(25)14-20(24)22-12-11-16-7-6-8-17(13-16)26-3/h4-10,13,15H,11-12,14H2,1-3H3,(H,22,24)(H,23,25). The number of carbonyl (C=O) groups is 2. The minimum Gasteiger partial charge on any atom is -0.497 e. The van der Waals surface area contributed by atoms with Gasteiger partial charge in [-0.25, -0.2) is 0 Å². The minimum atomic E-state index is -0.381. The molecule has 0 saturated carbocycles. The highest BCUT2D eigenvalue weighted by atomic mass is 16.5. The molecule has 27 heavy (non-hydrogen) atoms. The van der Waals surface area contributed by atoms with E-state index in [1.54, 1.807) is 25.3 Å². The van der Waals surface area contributed by atoms with Gasteiger partial charge in [-0.1, -0.05) is 24.3 Å². The first-order valence-corrected chi connectivity index (χ1v) is 8.93. The van der Waals surface area contributed by atoms with Crippen molar-refractivity contribution >= 4 is 17.5 Å². The Balaban J connectivity index is 1.79. The van der Waals surface area contributed by atoms with Crippen molar-refractivity contribution in [2.45, 2.75) is 32.8 Å². The third kappa shape index (κ3) is 7.01. The van der Waals surface area contributed by atoms with Crippen molar-refractivity contribution in [1.29, 1.82) is 0 Å². The summed E-state index contributed by atoms with van der Waals surface area (Å²) in [5.74, 6) is 0.658. The smallest absolute Gasteiger partial charge is 0.233 e. The highest BCUT2D eigenvalue weighted by Crippen LogP contribution is 2.24. The second-order valence-electron chi connectivity index (χ2n) is 6.34. The SMILES string of the molecule is COc1cccc(CCNC(=O)CC(=O)Nc2ccccc2OC(C)C)c1. The molecule has 0 spiro atoms. The van der Waals surface area contributed by atoms with Gasteiger partial charge >= 0.3 is 0 Å². The van der Waals surface area contributed by atoms with Crippen molar-refractivity contribution in [3.63, 3.8) is 0 Å². The zero-order valence-electron chi connectivity index (χ0n) is 16.0. The van der Waals surface area contributed by atoms with E-state index < -0.39 is 0 Å². The molecule has 0 aliphatic heterocycles. The first kappa shape index (κ1) is 20.3. The van der Waals surface area contributed by atoms with Crippen LogP contribution in [-0.4, -0.2) is 31.6 Å². The topological polar surface area (TPSA) is 76.7 Å². The van der Waals surface area contributed by atoms with Crippen LogP contribution in [0.5, 0.6) is 11.5 Å². The number of methoxy groups -OCH3 is 1. The van der Waals surface area contributed by atoms with Gasteiger partial charge in [-0.3, -0.25) is 9.59 Å². The molecule has 0 aliphatic rings. The predicted molar refractivity (Wildman–Crippen MR) is 105 cm³/mol. The number of benzene rings is 2. The number of hydrogen-bond acceptors (Lipinski definition) is 4. The molecule has 0 atom stereocenters. The van der Waals surface area contributed by atoms with Crippen LogP contribution in [0.25, 0.3) is 0 Å². The Morgan fingerprint density at radius 3 is 2.56 bits per heavy atom. The summed E-state index contributed by atoms with van der Waals surface area (Å²) < 4.78 is 10.8. The van der Waals surface area contributed by atoms with Crippen LogP contribution in [-0.2, 0) is 16.0 Å². The van der Waals surface area contributed by atoms with E-state index in [4.69, 9.17) is 9.47 Å². The first-order valence-electron chi connectivity index (χ1n) is 8.93. The molecule has 6 nitrogen and oxygen atoms in total. The molecule has 0 aliphatic carbocycles. The maximum atomic E-state index is 12.1. The van der Waals surface area contributed by atoms with Crippen molar-refractivity contribution in [1.82, 2.24) is 5.32 Å². The third-order valence-electron chi connectivity index (χ3n) is 3.71. The van der Waals surface area contributed by atoms with E-state index in [1.807, 2.05) is 44.2 Å². The van der Waals surface area contributed by atoms with E-state index >= 15 is 0 Å². The Hall–Kier alpha value is -3.02. The molecule has 2 N–H and O–H groups in total. The van der Waals surface area contributed by atoms with E-state index in [9.17, 15) is 9.59 Å². The Kier molecular flexibility index (Phi) is 7.67. The highest BCUT2D eigenvalue weighted by Gasteiger charge is 2.12. The Morgan fingerprint density at radius 2 is 1.81 bits per heavy atom. The van der Waals surface area contributed by atoms with Gasteiger partial charge in [0.15, 0.2) is 0 Å². The number of amides is 2. The summed E-state index contributed by atoms with van der Waals surface area (Å²) in [7, 11) is 1.61. The Morgan fingerprint density at radius 1 is 1.04 bits per heavy atom. The molecule has 2 aromatic carbocycles. The van der Waals surface area contributed by atoms with E-state index in [0.29, 0.717) is 24.4 Å². The summed E-state index contributed by atoms with van der Waals surface area (Å²) in [6.45, 7) is 4.27. The molecule has 0 bridgehead atoms. The van der Waals surface area contributed by atoms with E-state index in [2.05, 4.69) is 10.6 Å². The molecule has 2 rings (SSSR count). The van der Waals surface area contributed by atoms with Gasteiger partial charge < -0.3 is 20.1 Å². The monoisotopic (exact) mass is 370 g/mol. The average molecular weight is 370 g/mol. The van der Waals surface area contributed by atoms with Crippen LogP contribution in [0, 0.1) is 0 Å². The largest absolute Gasteiger partial charge is 0.497 e. The Bertz CT molecular complexity index is 774. The molecule has 0 unspecified atom stereocenters. The third-order valence-corrected chi connectivity index (χ3v) is 3.71. The van der Waals surface area contributed by atoms with Gasteiger partial charge in [0.25, 0.3) is 0 Å². The summed E-state index contributed by atoms with van der Waals surface area (Å²) in [5.41, 5.74) is 1.61. The van der Waals surface area contributed by atoms with Crippen molar-refractivity contribution < 1.29 is 19.1 Å². The number of rotatable bonds is 9. The van der Waals surface area contributed by atoms with Crippen molar-refractivity contribution in [2.75, 3.05) is 19.0 Å². The fraction of sp³-hybridized carbons (Fsp3) is 0.333. The van der Waals surface area contributed by atoms with Gasteiger partial charge in [0, 0.05) is 6.54 Å². The number of hydrogen-bond donors (Lipinski definition) is 2. The minimum absolute atomic E-state index is 0.0111. The zero-order valence-corrected chi connectivity index (χ0v) is 16.0. The molecule has 0 aromatic heterocycles. The molecule has 144 valence electrons. The first-order chi connectivity index (χ1) is 13.0. The fourth-order valence-electron chi connectivity index (χ4n) is 2.50. The number of nitrogens with one attached hydrogen (secondary N) is 2. The lowest BCUT2D eigenvalue weighted by atomic mass is 10.1. The second kappa shape index (κ2) is 10.2. The summed E-state index contributed by atoms with van der Waals surface area (Å²) in [4.78, 5) is 24.1. The summed E-state index contributed by atoms with van der Waals surface area (Å²) >= 11 is 0. The van der Waals surface area contributed by atoms with Crippen LogP contribution in [0.1, 0.15) is 25.8 Å². The van der Waals surface area contributed by atoms with Gasteiger partial charge in [-0.2, -0.15) is 0 Å². The van der Waals surface area contributed by atoms with Crippen LogP contribution in [0.4, 0.5) is 5.69 Å². The normalized spacial score (nSPS) is 10.4. The highest BCUT2D eigenvalue weighted by molar-refractivity contribution is 6.04. The number of anilines is 1. The van der Waals surface area contributed by atoms with E-state index in [0.717, 1.165) is 11.3 Å². The number of ether oxygens (including phenoxy) is 2. The molecule has 0 heterocycles. The van der Waals surface area contributed by atoms with Crippen LogP contribution in [0.2, 0.25) is 0 Å². The maximum Gasteiger partial charge on any atom is 0.233 e. The lowest BCUT2D eigenvalue weighted by molar-refractivity contribution is -0.126. The average Bonchev–Trinajstić information content (AvgIpc) is 2.63. The molecule has 6 heteroatoms. The van der Waals surface area contributed by atoms with E-state index in [-0.39, 0.29) is 24.3 Å². The predicted octanol–water partition coefficient (Wildman–Crippen LogP) is 3.17. The quantitative estimate of drug-likeness (QED) is 0.665. The van der Waals surface area contributed by atoms with E-state index in [1.165, 1.54) is 0 Å². The molecule has 2 amide bonds. The maximum absolute atomic E-state index is 12.1. The fourth-order valence-corrected chi connectivity index (χ4v) is 2.50. The Labute approximate surface area is 159 Å². The molecule has 0 saturated heterocycles. The second-order valence-corrected chi connectivity index (χ2v) is 6.34. The number of carbonyl (C=O) groups excluding carboxylic acids is 2. The summed E-state index contributed by atoms with van der Waals surface area (Å²) in [5, 5.41) is 5.49. The van der Waals surface area contributed by atoms with Crippen LogP contribution in [0.3, 0.4) is 0 Å². The van der Waals surface area contributed by atoms with Crippen LogP contribution < -0.4 is 20.1 Å². The molecule has 0 fully saturated rings. The molecule has 0 radical (unpaired) electrons. The lowest BCUT2D eigenvalue weighted by Gasteiger charge is -2.14. The molecular formula is C21H26N2O4. The lowest BCUT2D eigenvalue weighted by Crippen LogP contribution is -2.29. The van der Waals surface area contributed by atoms with Crippen molar-refractivity contribution in [3.05, 3.63) is 54.1 Å². The van der Waals surface area contributed by atoms with Crippen LogP contribution in [0.15, 0.2) is 48.5 Å². The van der Waals surface area contributed by atoms with Gasteiger partial charge in [-0.15, -0.1) is 0 Å². The van der Waals surface area contributed by atoms with Gasteiger partial charge in [0.2, 0.25) is 11.8 Å². The molecule has 2 aromatic rings. The van der Waals surface area contributed by atoms with Crippen molar-refractivity contribution in [3.8, 4) is 11.5 Å². The van der Waals surface area contributed by atoms with Crippen molar-refractivity contribution in [2.24, 2.45) is 0 Å². The number of para-hydroxylation sites is 2.